The first-order chi connectivity index (χ1) is 15.4. The van der Waals surface area contributed by atoms with E-state index in [4.69, 9.17) is 0 Å². The van der Waals surface area contributed by atoms with E-state index in [-0.39, 0.29) is 21.9 Å². The molecule has 6 nitrogen and oxygen atoms in total. The number of carbonyl (C=O) groups is 1. The van der Waals surface area contributed by atoms with Crippen molar-refractivity contribution >= 4 is 21.6 Å². The van der Waals surface area contributed by atoms with Crippen LogP contribution in [0.3, 0.4) is 0 Å². The molecule has 0 aliphatic rings. The molecule has 1 atom stereocenters. The van der Waals surface area contributed by atoms with Gasteiger partial charge in [0.25, 0.3) is 15.9 Å². The highest BCUT2D eigenvalue weighted by Gasteiger charge is 2.31. The molecule has 1 amide bonds. The van der Waals surface area contributed by atoms with E-state index in [1.807, 2.05) is 0 Å². The van der Waals surface area contributed by atoms with E-state index in [9.17, 15) is 30.8 Å². The van der Waals surface area contributed by atoms with Crippen molar-refractivity contribution < 1.29 is 35.5 Å². The molecule has 0 aromatic heterocycles. The van der Waals surface area contributed by atoms with Gasteiger partial charge in [0, 0.05) is 5.56 Å². The summed E-state index contributed by atoms with van der Waals surface area (Å²) in [7, 11) is -4.08. The Bertz CT molecular complexity index is 1230. The van der Waals surface area contributed by atoms with Crippen LogP contribution in [-0.4, -0.2) is 20.7 Å². The van der Waals surface area contributed by atoms with Gasteiger partial charge in [-0.25, -0.2) is 12.8 Å². The number of para-hydroxylation sites is 1. The fourth-order valence-corrected chi connectivity index (χ4v) is 3.92. The number of halogens is 4. The van der Waals surface area contributed by atoms with E-state index < -0.39 is 34.2 Å². The number of sulfonamides is 1. The first kappa shape index (κ1) is 24.1. The quantitative estimate of drug-likeness (QED) is 0.464. The van der Waals surface area contributed by atoms with Gasteiger partial charge in [-0.1, -0.05) is 24.3 Å². The van der Waals surface area contributed by atoms with Gasteiger partial charge in [-0.05, 0) is 61.0 Å². The second-order valence-electron chi connectivity index (χ2n) is 6.92. The van der Waals surface area contributed by atoms with Crippen molar-refractivity contribution in [3.8, 4) is 5.75 Å². The highest BCUT2D eigenvalue weighted by atomic mass is 32.2. The van der Waals surface area contributed by atoms with Gasteiger partial charge in [-0.15, -0.1) is 13.2 Å². The van der Waals surface area contributed by atoms with Gasteiger partial charge in [-0.3, -0.25) is 9.52 Å². The maximum absolute atomic E-state index is 13.7. The van der Waals surface area contributed by atoms with Crippen LogP contribution in [0.15, 0.2) is 77.7 Å². The average molecular weight is 482 g/mol. The van der Waals surface area contributed by atoms with Crippen LogP contribution in [0.1, 0.15) is 28.9 Å². The van der Waals surface area contributed by atoms with Crippen LogP contribution in [0.5, 0.6) is 5.75 Å². The number of amides is 1. The van der Waals surface area contributed by atoms with Crippen molar-refractivity contribution in [2.24, 2.45) is 0 Å². The van der Waals surface area contributed by atoms with Crippen molar-refractivity contribution in [2.45, 2.75) is 24.2 Å². The summed E-state index contributed by atoms with van der Waals surface area (Å²) in [4.78, 5) is 12.3. The normalized spacial score (nSPS) is 12.6. The number of nitrogens with one attached hydrogen (secondary N) is 2. The number of hydrogen-bond donors (Lipinski definition) is 2. The van der Waals surface area contributed by atoms with Crippen LogP contribution in [0, 0.1) is 5.82 Å². The highest BCUT2D eigenvalue weighted by molar-refractivity contribution is 7.92. The molecule has 3 rings (SSSR count). The van der Waals surface area contributed by atoms with Gasteiger partial charge in [0.2, 0.25) is 0 Å². The maximum Gasteiger partial charge on any atom is 0.573 e. The summed E-state index contributed by atoms with van der Waals surface area (Å²) in [6.07, 6.45) is -4.80. The Balaban J connectivity index is 1.66. The molecule has 0 bridgehead atoms. The summed E-state index contributed by atoms with van der Waals surface area (Å²) in [6, 6.07) is 14.8. The standard InChI is InChI=1S/C22H18F4N2O4S/c1-14(15-6-10-17(11-7-15)32-22(24,25)26)27-21(29)16-8-12-18(13-9-16)33(30,31)28-20-5-3-2-4-19(20)23/h2-14,28H,1H3,(H,27,29). The molecule has 0 radical (unpaired) electrons. The average Bonchev–Trinajstić information content (AvgIpc) is 2.74. The van der Waals surface area contributed by atoms with Crippen LogP contribution in [0.4, 0.5) is 23.2 Å². The molecule has 0 saturated carbocycles. The van der Waals surface area contributed by atoms with Crippen LogP contribution in [0.2, 0.25) is 0 Å². The van der Waals surface area contributed by atoms with E-state index >= 15 is 0 Å². The van der Waals surface area contributed by atoms with Gasteiger partial charge in [0.1, 0.15) is 11.6 Å². The smallest absolute Gasteiger partial charge is 0.406 e. The summed E-state index contributed by atoms with van der Waals surface area (Å²) in [6.45, 7) is 1.63. The van der Waals surface area contributed by atoms with Crippen molar-refractivity contribution in [2.75, 3.05) is 4.72 Å². The fourth-order valence-electron chi connectivity index (χ4n) is 2.85. The summed E-state index contributed by atoms with van der Waals surface area (Å²) in [5.41, 5.74) is 0.481. The molecule has 0 spiro atoms. The van der Waals surface area contributed by atoms with E-state index in [0.717, 1.165) is 18.2 Å². The molecule has 0 aliphatic heterocycles. The first-order valence-electron chi connectivity index (χ1n) is 9.48. The van der Waals surface area contributed by atoms with Crippen molar-refractivity contribution in [1.29, 1.82) is 0 Å². The topological polar surface area (TPSA) is 84.5 Å². The number of alkyl halides is 3. The Hall–Kier alpha value is -3.60. The lowest BCUT2D eigenvalue weighted by Gasteiger charge is -2.16. The molecule has 174 valence electrons. The Labute approximate surface area is 187 Å². The minimum Gasteiger partial charge on any atom is -0.406 e. The van der Waals surface area contributed by atoms with E-state index in [1.54, 1.807) is 6.92 Å². The number of anilines is 1. The Morgan fingerprint density at radius 2 is 1.55 bits per heavy atom. The van der Waals surface area contributed by atoms with E-state index in [1.165, 1.54) is 54.6 Å². The second-order valence-corrected chi connectivity index (χ2v) is 8.60. The summed E-state index contributed by atoms with van der Waals surface area (Å²) in [5, 5.41) is 2.67. The van der Waals surface area contributed by atoms with Crippen molar-refractivity contribution in [3.63, 3.8) is 0 Å². The van der Waals surface area contributed by atoms with E-state index in [0.29, 0.717) is 5.56 Å². The third-order valence-electron chi connectivity index (χ3n) is 4.51. The number of rotatable bonds is 7. The molecule has 0 aliphatic carbocycles. The summed E-state index contributed by atoms with van der Waals surface area (Å²) < 4.78 is 81.3. The Morgan fingerprint density at radius 3 is 2.12 bits per heavy atom. The molecular weight excluding hydrogens is 464 g/mol. The summed E-state index contributed by atoms with van der Waals surface area (Å²) >= 11 is 0. The summed E-state index contributed by atoms with van der Waals surface area (Å²) in [5.74, 6) is -1.64. The minimum absolute atomic E-state index is 0.156. The second kappa shape index (κ2) is 9.49. The van der Waals surface area contributed by atoms with Crippen LogP contribution >= 0.6 is 0 Å². The Morgan fingerprint density at radius 1 is 0.939 bits per heavy atom. The van der Waals surface area contributed by atoms with E-state index in [2.05, 4.69) is 14.8 Å². The minimum atomic E-state index is -4.80. The molecule has 33 heavy (non-hydrogen) atoms. The molecule has 3 aromatic rings. The predicted molar refractivity (Wildman–Crippen MR) is 113 cm³/mol. The van der Waals surface area contributed by atoms with Crippen LogP contribution in [0.25, 0.3) is 0 Å². The van der Waals surface area contributed by atoms with Gasteiger partial charge < -0.3 is 10.1 Å². The molecule has 0 fully saturated rings. The fraction of sp³-hybridized carbons (Fsp3) is 0.136. The van der Waals surface area contributed by atoms with Crippen LogP contribution in [-0.2, 0) is 10.0 Å². The molecular formula is C22H18F4N2O4S. The SMILES string of the molecule is CC(NC(=O)c1ccc(S(=O)(=O)Nc2ccccc2F)cc1)c1ccc(OC(F)(F)F)cc1. The number of benzene rings is 3. The zero-order valence-corrected chi connectivity index (χ0v) is 17.9. The lowest BCUT2D eigenvalue weighted by atomic mass is 10.1. The Kier molecular flexibility index (Phi) is 6.92. The lowest BCUT2D eigenvalue weighted by Crippen LogP contribution is -2.26. The van der Waals surface area contributed by atoms with Crippen LogP contribution < -0.4 is 14.8 Å². The molecule has 11 heteroatoms. The largest absolute Gasteiger partial charge is 0.573 e. The third kappa shape index (κ3) is 6.45. The predicted octanol–water partition coefficient (Wildman–Crippen LogP) is 5.02. The van der Waals surface area contributed by atoms with Gasteiger partial charge >= 0.3 is 6.36 Å². The zero-order chi connectivity index (χ0) is 24.2. The third-order valence-corrected chi connectivity index (χ3v) is 5.89. The molecule has 3 aromatic carbocycles. The van der Waals surface area contributed by atoms with Crippen molar-refractivity contribution in [3.05, 3.63) is 89.7 Å². The monoisotopic (exact) mass is 482 g/mol. The molecule has 0 heterocycles. The maximum atomic E-state index is 13.7. The lowest BCUT2D eigenvalue weighted by molar-refractivity contribution is -0.274. The number of ether oxygens (including phenoxy) is 1. The number of carbonyl (C=O) groups excluding carboxylic acids is 1. The van der Waals surface area contributed by atoms with Gasteiger partial charge in [-0.2, -0.15) is 0 Å². The molecule has 2 N–H and O–H groups in total. The number of hydrogen-bond acceptors (Lipinski definition) is 4. The molecule has 1 unspecified atom stereocenters. The van der Waals surface area contributed by atoms with Gasteiger partial charge in [0.05, 0.1) is 16.6 Å². The molecule has 0 saturated heterocycles. The highest BCUT2D eigenvalue weighted by Crippen LogP contribution is 2.25. The first-order valence-corrected chi connectivity index (χ1v) is 11.0. The van der Waals surface area contributed by atoms with Gasteiger partial charge in [0.15, 0.2) is 0 Å². The van der Waals surface area contributed by atoms with Crippen molar-refractivity contribution in [1.82, 2.24) is 5.32 Å². The zero-order valence-electron chi connectivity index (χ0n) is 17.1.